The van der Waals surface area contributed by atoms with E-state index in [0.29, 0.717) is 13.0 Å². The van der Waals surface area contributed by atoms with Crippen LogP contribution in [0.5, 0.6) is 0 Å². The highest BCUT2D eigenvalue weighted by atomic mass is 16.5. The van der Waals surface area contributed by atoms with Crippen molar-refractivity contribution in [1.82, 2.24) is 0 Å². The Morgan fingerprint density at radius 3 is 2.68 bits per heavy atom. The van der Waals surface area contributed by atoms with Crippen molar-refractivity contribution < 1.29 is 14.1 Å². The van der Waals surface area contributed by atoms with E-state index < -0.39 is 0 Å². The van der Waals surface area contributed by atoms with E-state index in [0.717, 1.165) is 48.3 Å². The quantitative estimate of drug-likeness (QED) is 0.385. The molecule has 0 aliphatic heterocycles. The van der Waals surface area contributed by atoms with Crippen LogP contribution in [-0.4, -0.2) is 36.3 Å². The average Bonchev–Trinajstić information content (AvgIpc) is 2.47. The molecule has 0 saturated heterocycles. The molecule has 3 nitrogen and oxygen atoms in total. The molecule has 0 aromatic heterocycles. The smallest absolute Gasteiger partial charge is 0.183 e. The number of carbonyl (C=O) groups is 1. The molecule has 0 bridgehead atoms. The van der Waals surface area contributed by atoms with Gasteiger partial charge < -0.3 is 4.74 Å². The molecular formula is C19H30NO2+. The highest BCUT2D eigenvalue weighted by molar-refractivity contribution is 6.01. The van der Waals surface area contributed by atoms with Crippen molar-refractivity contribution in [2.24, 2.45) is 0 Å². The van der Waals surface area contributed by atoms with Crippen LogP contribution in [0, 0.1) is 0 Å². The van der Waals surface area contributed by atoms with Crippen molar-refractivity contribution in [3.8, 4) is 0 Å². The number of carbonyl (C=O) groups excluding carboxylic acids is 1. The van der Waals surface area contributed by atoms with Crippen LogP contribution in [0.25, 0.3) is 0 Å². The molecule has 1 aliphatic rings. The van der Waals surface area contributed by atoms with E-state index in [9.17, 15) is 4.79 Å². The summed E-state index contributed by atoms with van der Waals surface area (Å²) < 4.78 is 8.07. The van der Waals surface area contributed by atoms with E-state index >= 15 is 0 Å². The predicted molar refractivity (Wildman–Crippen MR) is 92.4 cm³/mol. The predicted octanol–water partition coefficient (Wildman–Crippen LogP) is 4.04. The Balaban J connectivity index is 2.87. The van der Waals surface area contributed by atoms with Gasteiger partial charge in [0.15, 0.2) is 11.8 Å². The molecule has 0 aromatic rings. The monoisotopic (exact) mass is 304 g/mol. The Morgan fingerprint density at radius 1 is 1.45 bits per heavy atom. The lowest BCUT2D eigenvalue weighted by Crippen LogP contribution is -2.28. The molecule has 0 radical (unpaired) electrons. The fourth-order valence-electron chi connectivity index (χ4n) is 2.75. The van der Waals surface area contributed by atoms with Gasteiger partial charge in [-0.2, -0.15) is 0 Å². The van der Waals surface area contributed by atoms with E-state index in [-0.39, 0.29) is 11.8 Å². The summed E-state index contributed by atoms with van der Waals surface area (Å²) in [5, 5.41) is 0. The maximum absolute atomic E-state index is 12.2. The SMILES string of the molecule is C=C(C)C1=C(C(=CC)OCC(C)[N+](=C)CCC)CCCC1=O. The summed E-state index contributed by atoms with van der Waals surface area (Å²) in [7, 11) is 0. The Morgan fingerprint density at radius 2 is 2.14 bits per heavy atom. The fourth-order valence-corrected chi connectivity index (χ4v) is 2.75. The van der Waals surface area contributed by atoms with Crippen LogP contribution in [0.1, 0.15) is 53.4 Å². The normalized spacial score (nSPS) is 17.5. The molecule has 22 heavy (non-hydrogen) atoms. The third-order valence-electron chi connectivity index (χ3n) is 4.01. The number of rotatable bonds is 8. The average molecular weight is 304 g/mol. The van der Waals surface area contributed by atoms with Crippen LogP contribution in [-0.2, 0) is 9.53 Å². The van der Waals surface area contributed by atoms with Gasteiger partial charge in [-0.05, 0) is 38.3 Å². The van der Waals surface area contributed by atoms with Crippen molar-refractivity contribution in [2.75, 3.05) is 13.2 Å². The molecule has 1 aliphatic carbocycles. The van der Waals surface area contributed by atoms with Crippen LogP contribution >= 0.6 is 0 Å². The van der Waals surface area contributed by atoms with Crippen molar-refractivity contribution in [3.63, 3.8) is 0 Å². The molecule has 1 rings (SSSR count). The Bertz CT molecular complexity index is 512. The molecule has 3 heteroatoms. The standard InChI is InChI=1S/C19H30NO2/c1-7-12-20(6)15(5)13-22-18(8-2)16-10-9-11-17(21)19(16)14(3)4/h8,15H,3,6-7,9-13H2,1-2,4-5H3/q+1. The number of hydrogen-bond acceptors (Lipinski definition) is 2. The highest BCUT2D eigenvalue weighted by Crippen LogP contribution is 2.31. The third kappa shape index (κ3) is 4.69. The molecule has 1 unspecified atom stereocenters. The van der Waals surface area contributed by atoms with Crippen LogP contribution in [0.3, 0.4) is 0 Å². The highest BCUT2D eigenvalue weighted by Gasteiger charge is 2.24. The van der Waals surface area contributed by atoms with E-state index in [1.54, 1.807) is 0 Å². The van der Waals surface area contributed by atoms with Gasteiger partial charge in [-0.15, -0.1) is 0 Å². The molecule has 0 amide bonds. The van der Waals surface area contributed by atoms with E-state index in [1.165, 1.54) is 0 Å². The molecule has 1 atom stereocenters. The summed E-state index contributed by atoms with van der Waals surface area (Å²) in [5.41, 5.74) is 2.62. The van der Waals surface area contributed by atoms with Gasteiger partial charge >= 0.3 is 0 Å². The summed E-state index contributed by atoms with van der Waals surface area (Å²) in [6.45, 7) is 17.6. The number of ketones is 1. The van der Waals surface area contributed by atoms with Gasteiger partial charge in [0, 0.05) is 30.9 Å². The summed E-state index contributed by atoms with van der Waals surface area (Å²) in [6, 6.07) is 0.239. The van der Waals surface area contributed by atoms with Crippen molar-refractivity contribution >= 4 is 12.5 Å². The lowest BCUT2D eigenvalue weighted by atomic mass is 9.86. The second kappa shape index (κ2) is 8.72. The van der Waals surface area contributed by atoms with Gasteiger partial charge in [-0.25, -0.2) is 4.58 Å². The summed E-state index contributed by atoms with van der Waals surface area (Å²) in [5.74, 6) is 1.01. The Labute approximate surface area is 135 Å². The minimum Gasteiger partial charge on any atom is -0.487 e. The maximum Gasteiger partial charge on any atom is 0.183 e. The first-order valence-corrected chi connectivity index (χ1v) is 8.21. The Kier molecular flexibility index (Phi) is 7.30. The molecule has 0 fully saturated rings. The molecule has 0 aromatic carbocycles. The van der Waals surface area contributed by atoms with Gasteiger partial charge in [0.2, 0.25) is 0 Å². The van der Waals surface area contributed by atoms with Crippen LogP contribution in [0.2, 0.25) is 0 Å². The van der Waals surface area contributed by atoms with Crippen LogP contribution in [0.4, 0.5) is 0 Å². The zero-order valence-corrected chi connectivity index (χ0v) is 14.6. The molecule has 0 heterocycles. The first kappa shape index (κ1) is 18.4. The van der Waals surface area contributed by atoms with E-state index in [4.69, 9.17) is 4.74 Å². The molecular weight excluding hydrogens is 274 g/mol. The molecule has 0 N–H and O–H groups in total. The second-order valence-corrected chi connectivity index (χ2v) is 6.04. The van der Waals surface area contributed by atoms with E-state index in [2.05, 4.69) is 27.1 Å². The number of Topliss-reactive ketones (excluding diaryl/α,β-unsaturated/α-hetero) is 1. The summed E-state index contributed by atoms with van der Waals surface area (Å²) >= 11 is 0. The third-order valence-corrected chi connectivity index (χ3v) is 4.01. The number of ether oxygens (including phenoxy) is 1. The maximum atomic E-state index is 12.2. The van der Waals surface area contributed by atoms with Gasteiger partial charge in [0.1, 0.15) is 25.6 Å². The number of nitrogens with zero attached hydrogens (tertiary/aromatic N) is 1. The van der Waals surface area contributed by atoms with Gasteiger partial charge in [-0.3, -0.25) is 4.79 Å². The molecule has 122 valence electrons. The molecule has 0 spiro atoms. The number of allylic oxidation sites excluding steroid dienone is 4. The minimum atomic E-state index is 0.189. The van der Waals surface area contributed by atoms with E-state index in [1.807, 2.05) is 24.5 Å². The lowest BCUT2D eigenvalue weighted by molar-refractivity contribution is -0.557. The lowest BCUT2D eigenvalue weighted by Gasteiger charge is -2.22. The fraction of sp³-hybridized carbons (Fsp3) is 0.579. The van der Waals surface area contributed by atoms with Gasteiger partial charge in [-0.1, -0.05) is 13.5 Å². The van der Waals surface area contributed by atoms with Crippen molar-refractivity contribution in [1.29, 1.82) is 0 Å². The van der Waals surface area contributed by atoms with Gasteiger partial charge in [0.25, 0.3) is 0 Å². The second-order valence-electron chi connectivity index (χ2n) is 6.04. The number of hydrogen-bond donors (Lipinski definition) is 0. The summed E-state index contributed by atoms with van der Waals surface area (Å²) in [4.78, 5) is 12.2. The Hall–Kier alpha value is -1.64. The zero-order valence-electron chi connectivity index (χ0n) is 14.6. The van der Waals surface area contributed by atoms with Crippen LogP contribution in [0.15, 0.2) is 35.1 Å². The van der Waals surface area contributed by atoms with Crippen molar-refractivity contribution in [3.05, 3.63) is 35.1 Å². The van der Waals surface area contributed by atoms with Crippen molar-refractivity contribution in [2.45, 2.75) is 59.4 Å². The van der Waals surface area contributed by atoms with Crippen LogP contribution < -0.4 is 0 Å². The minimum absolute atomic E-state index is 0.189. The largest absolute Gasteiger partial charge is 0.487 e. The first-order valence-electron chi connectivity index (χ1n) is 8.21. The molecule has 0 saturated carbocycles. The topological polar surface area (TPSA) is 29.3 Å². The van der Waals surface area contributed by atoms with Gasteiger partial charge in [0.05, 0.1) is 0 Å². The first-order chi connectivity index (χ1) is 10.4. The zero-order chi connectivity index (χ0) is 16.7. The summed E-state index contributed by atoms with van der Waals surface area (Å²) in [6.07, 6.45) is 5.41.